The van der Waals surface area contributed by atoms with Gasteiger partial charge >= 0.3 is 11.9 Å². The summed E-state index contributed by atoms with van der Waals surface area (Å²) in [7, 11) is 1.15. The molecule has 0 aromatic rings. The van der Waals surface area contributed by atoms with Crippen molar-refractivity contribution in [1.29, 1.82) is 0 Å². The van der Waals surface area contributed by atoms with E-state index in [4.69, 9.17) is 10.8 Å². The van der Waals surface area contributed by atoms with Gasteiger partial charge in [0.05, 0.1) is 13.2 Å². The van der Waals surface area contributed by atoms with Crippen molar-refractivity contribution >= 4 is 23.8 Å². The van der Waals surface area contributed by atoms with Gasteiger partial charge in [-0.1, -0.05) is 0 Å². The second kappa shape index (κ2) is 8.64. The largest absolute Gasteiger partial charge is 0.480 e. The van der Waals surface area contributed by atoms with Gasteiger partial charge in [-0.2, -0.15) is 0 Å². The molecule has 0 unspecified atom stereocenters. The minimum atomic E-state index is -1.32. The number of amides is 2. The number of hydrogen-bond donors (Lipinski definition) is 4. The van der Waals surface area contributed by atoms with Gasteiger partial charge in [0.2, 0.25) is 11.8 Å². The summed E-state index contributed by atoms with van der Waals surface area (Å²) in [6, 6.07) is -2.18. The number of carbonyl (C=O) groups is 4. The normalized spacial score (nSPS) is 13.3. The summed E-state index contributed by atoms with van der Waals surface area (Å²) >= 11 is 0. The maximum atomic E-state index is 11.3. The third kappa shape index (κ3) is 7.11. The average molecular weight is 287 g/mol. The Hall–Kier alpha value is -2.42. The van der Waals surface area contributed by atoms with Crippen LogP contribution in [0.15, 0.2) is 12.2 Å². The highest BCUT2D eigenvalue weighted by Crippen LogP contribution is 1.87. The molecule has 0 heterocycles. The number of methoxy groups -OCH3 is 1. The summed E-state index contributed by atoms with van der Waals surface area (Å²) in [5, 5.41) is 13.2. The van der Waals surface area contributed by atoms with Gasteiger partial charge in [0.25, 0.3) is 0 Å². The zero-order chi connectivity index (χ0) is 15.7. The Morgan fingerprint density at radius 3 is 2.35 bits per heavy atom. The molecular formula is C11H17N3O6. The van der Waals surface area contributed by atoms with Gasteiger partial charge in [-0.25, -0.2) is 9.59 Å². The van der Waals surface area contributed by atoms with Gasteiger partial charge in [0.15, 0.2) is 0 Å². The summed E-state index contributed by atoms with van der Waals surface area (Å²) in [5.74, 6) is -3.40. The van der Waals surface area contributed by atoms with Crippen LogP contribution in [0.1, 0.15) is 6.92 Å². The van der Waals surface area contributed by atoms with Crippen molar-refractivity contribution in [2.45, 2.75) is 19.0 Å². The lowest BCUT2D eigenvalue weighted by molar-refractivity contribution is -0.142. The van der Waals surface area contributed by atoms with Crippen molar-refractivity contribution in [1.82, 2.24) is 10.6 Å². The van der Waals surface area contributed by atoms with Crippen molar-refractivity contribution in [3.05, 3.63) is 12.2 Å². The van der Waals surface area contributed by atoms with Gasteiger partial charge in [-0.3, -0.25) is 9.59 Å². The van der Waals surface area contributed by atoms with E-state index in [1.165, 1.54) is 6.92 Å². The van der Waals surface area contributed by atoms with E-state index in [0.29, 0.717) is 0 Å². The number of carbonyl (C=O) groups excluding carboxylic acids is 3. The Morgan fingerprint density at radius 2 is 1.90 bits per heavy atom. The predicted octanol–water partition coefficient (Wildman–Crippen LogP) is -2.25. The zero-order valence-corrected chi connectivity index (χ0v) is 11.1. The molecule has 20 heavy (non-hydrogen) atoms. The second-order valence-corrected chi connectivity index (χ2v) is 3.79. The molecule has 112 valence electrons. The van der Waals surface area contributed by atoms with Crippen LogP contribution >= 0.6 is 0 Å². The summed E-state index contributed by atoms with van der Waals surface area (Å²) < 4.78 is 4.27. The topological polar surface area (TPSA) is 148 Å². The van der Waals surface area contributed by atoms with Crippen molar-refractivity contribution in [3.63, 3.8) is 0 Å². The van der Waals surface area contributed by atoms with Crippen molar-refractivity contribution in [2.24, 2.45) is 5.73 Å². The number of esters is 1. The summed E-state index contributed by atoms with van der Waals surface area (Å²) in [6.45, 7) is 1.05. The van der Waals surface area contributed by atoms with Crippen molar-refractivity contribution < 1.29 is 29.0 Å². The fraction of sp³-hybridized carbons (Fsp3) is 0.455. The third-order valence-corrected chi connectivity index (χ3v) is 2.08. The van der Waals surface area contributed by atoms with E-state index < -0.39 is 35.8 Å². The molecule has 0 fully saturated rings. The van der Waals surface area contributed by atoms with Gasteiger partial charge < -0.3 is 26.2 Å². The molecule has 0 saturated carbocycles. The number of aliphatic carboxylic acids is 1. The fourth-order valence-electron chi connectivity index (χ4n) is 0.977. The van der Waals surface area contributed by atoms with E-state index in [1.54, 1.807) is 0 Å². The monoisotopic (exact) mass is 287 g/mol. The first kappa shape index (κ1) is 17.6. The van der Waals surface area contributed by atoms with E-state index in [9.17, 15) is 19.2 Å². The fourth-order valence-corrected chi connectivity index (χ4v) is 0.977. The summed E-state index contributed by atoms with van der Waals surface area (Å²) in [5.41, 5.74) is 5.28. The van der Waals surface area contributed by atoms with Crippen molar-refractivity contribution in [3.8, 4) is 0 Å². The number of carboxylic acids is 1. The lowest BCUT2D eigenvalue weighted by Crippen LogP contribution is -2.52. The smallest absolute Gasteiger partial charge is 0.330 e. The standard InChI is InChI=1S/C11H17N3O6/c1-6(12)10(17)14-7(11(18)19)5-13-8(15)3-4-9(16)20-2/h3-4,6-7H,5,12H2,1-2H3,(H,13,15)(H,14,17)(H,18,19)/b4-3+/t6-,7+/m1/s1. The molecule has 0 saturated heterocycles. The van der Waals surface area contributed by atoms with E-state index in [0.717, 1.165) is 19.3 Å². The van der Waals surface area contributed by atoms with Crippen LogP contribution in [0.2, 0.25) is 0 Å². The molecule has 0 spiro atoms. The molecule has 0 radical (unpaired) electrons. The highest BCUT2D eigenvalue weighted by molar-refractivity contribution is 5.95. The van der Waals surface area contributed by atoms with Crippen LogP contribution in [0.25, 0.3) is 0 Å². The van der Waals surface area contributed by atoms with E-state index in [-0.39, 0.29) is 6.54 Å². The lowest BCUT2D eigenvalue weighted by Gasteiger charge is -2.16. The Labute approximate surface area is 115 Å². The number of nitrogens with one attached hydrogen (secondary N) is 2. The SMILES string of the molecule is COC(=O)/C=C/C(=O)NC[C@H](NC(=O)[C@@H](C)N)C(=O)O. The molecular weight excluding hydrogens is 270 g/mol. The maximum absolute atomic E-state index is 11.3. The van der Waals surface area contributed by atoms with Gasteiger partial charge in [-0.15, -0.1) is 0 Å². The average Bonchev–Trinajstić information content (AvgIpc) is 2.39. The minimum Gasteiger partial charge on any atom is -0.480 e. The number of ether oxygens (including phenoxy) is 1. The third-order valence-electron chi connectivity index (χ3n) is 2.08. The molecule has 0 aromatic carbocycles. The molecule has 0 aromatic heterocycles. The predicted molar refractivity (Wildman–Crippen MR) is 67.4 cm³/mol. The quantitative estimate of drug-likeness (QED) is 0.305. The van der Waals surface area contributed by atoms with Crippen LogP contribution < -0.4 is 16.4 Å². The first-order chi connectivity index (χ1) is 9.27. The van der Waals surface area contributed by atoms with Crippen LogP contribution in [0, 0.1) is 0 Å². The van der Waals surface area contributed by atoms with Crippen LogP contribution in [-0.4, -0.2) is 54.6 Å². The highest BCUT2D eigenvalue weighted by Gasteiger charge is 2.21. The van der Waals surface area contributed by atoms with Crippen LogP contribution in [0.4, 0.5) is 0 Å². The molecule has 0 aliphatic carbocycles. The van der Waals surface area contributed by atoms with Crippen LogP contribution in [0.3, 0.4) is 0 Å². The zero-order valence-electron chi connectivity index (χ0n) is 11.1. The molecule has 9 heteroatoms. The number of rotatable bonds is 7. The molecule has 0 rings (SSSR count). The minimum absolute atomic E-state index is 0.349. The Bertz CT molecular complexity index is 418. The lowest BCUT2D eigenvalue weighted by atomic mass is 10.2. The second-order valence-electron chi connectivity index (χ2n) is 3.79. The number of carboxylic acid groups (broad SMARTS) is 1. The summed E-state index contributed by atoms with van der Waals surface area (Å²) in [4.78, 5) is 44.2. The Morgan fingerprint density at radius 1 is 1.30 bits per heavy atom. The molecule has 2 amide bonds. The number of nitrogens with two attached hydrogens (primary N) is 1. The molecule has 2 atom stereocenters. The van der Waals surface area contributed by atoms with Gasteiger partial charge in [0, 0.05) is 18.7 Å². The Kier molecular flexibility index (Phi) is 7.60. The molecule has 0 aliphatic heterocycles. The van der Waals surface area contributed by atoms with E-state index in [1.807, 2.05) is 0 Å². The van der Waals surface area contributed by atoms with Gasteiger partial charge in [0.1, 0.15) is 6.04 Å². The van der Waals surface area contributed by atoms with Crippen molar-refractivity contribution in [2.75, 3.05) is 13.7 Å². The van der Waals surface area contributed by atoms with Crippen LogP contribution in [-0.2, 0) is 23.9 Å². The molecule has 0 aliphatic rings. The van der Waals surface area contributed by atoms with Gasteiger partial charge in [-0.05, 0) is 6.92 Å². The first-order valence-electron chi connectivity index (χ1n) is 5.60. The maximum Gasteiger partial charge on any atom is 0.330 e. The molecule has 5 N–H and O–H groups in total. The highest BCUT2D eigenvalue weighted by atomic mass is 16.5. The van der Waals surface area contributed by atoms with E-state index >= 15 is 0 Å². The first-order valence-corrected chi connectivity index (χ1v) is 5.60. The number of hydrogen-bond acceptors (Lipinski definition) is 6. The molecule has 9 nitrogen and oxygen atoms in total. The van der Waals surface area contributed by atoms with E-state index in [2.05, 4.69) is 15.4 Å². The Balaban J connectivity index is 4.38. The van der Waals surface area contributed by atoms with Crippen LogP contribution in [0.5, 0.6) is 0 Å². The summed E-state index contributed by atoms with van der Waals surface area (Å²) in [6.07, 6.45) is 1.77. The molecule has 0 bridgehead atoms.